The fourth-order valence-corrected chi connectivity index (χ4v) is 1.17. The molecule has 0 spiro atoms. The molecule has 0 radical (unpaired) electrons. The highest BCUT2D eigenvalue weighted by molar-refractivity contribution is 5.48. The number of benzene rings is 1. The van der Waals surface area contributed by atoms with E-state index in [1.807, 2.05) is 6.07 Å². The highest BCUT2D eigenvalue weighted by atomic mass is 16.5. The third-order valence-electron chi connectivity index (χ3n) is 1.83. The molecule has 1 aromatic rings. The number of hydrogen-bond donors (Lipinski definition) is 1. The third kappa shape index (κ3) is 1.91. The maximum Gasteiger partial charge on any atom is 0.161 e. The lowest BCUT2D eigenvalue weighted by Crippen LogP contribution is -1.90. The van der Waals surface area contributed by atoms with Gasteiger partial charge in [0.15, 0.2) is 11.5 Å². The van der Waals surface area contributed by atoms with Crippen LogP contribution in [-0.2, 0) is 6.42 Å². The van der Waals surface area contributed by atoms with Crippen molar-refractivity contribution in [1.82, 2.24) is 0 Å². The van der Waals surface area contributed by atoms with Gasteiger partial charge in [-0.05, 0) is 24.1 Å². The van der Waals surface area contributed by atoms with Gasteiger partial charge in [0.1, 0.15) is 0 Å². The van der Waals surface area contributed by atoms with E-state index in [0.717, 1.165) is 11.1 Å². The zero-order valence-corrected chi connectivity index (χ0v) is 7.66. The van der Waals surface area contributed by atoms with Crippen LogP contribution in [0.4, 0.5) is 0 Å². The van der Waals surface area contributed by atoms with Crippen molar-refractivity contribution in [1.29, 1.82) is 5.26 Å². The van der Waals surface area contributed by atoms with Gasteiger partial charge in [0, 0.05) is 0 Å². The quantitative estimate of drug-likeness (QED) is 0.749. The van der Waals surface area contributed by atoms with Gasteiger partial charge in [-0.1, -0.05) is 6.07 Å². The second-order valence-corrected chi connectivity index (χ2v) is 2.80. The normalized spacial score (nSPS) is 9.31. The molecular formula is C10H11NO2. The Kier molecular flexibility index (Phi) is 2.76. The van der Waals surface area contributed by atoms with Crippen LogP contribution in [0.5, 0.6) is 11.5 Å². The highest BCUT2D eigenvalue weighted by Gasteiger charge is 2.06. The Morgan fingerprint density at radius 2 is 2.23 bits per heavy atom. The van der Waals surface area contributed by atoms with E-state index in [1.165, 1.54) is 7.11 Å². The van der Waals surface area contributed by atoms with Crippen LogP contribution in [0.1, 0.15) is 11.1 Å². The van der Waals surface area contributed by atoms with E-state index in [-0.39, 0.29) is 5.75 Å². The zero-order valence-electron chi connectivity index (χ0n) is 7.66. The first-order valence-electron chi connectivity index (χ1n) is 3.92. The molecule has 0 amide bonds. The van der Waals surface area contributed by atoms with Crippen molar-refractivity contribution in [2.24, 2.45) is 0 Å². The van der Waals surface area contributed by atoms with E-state index in [2.05, 4.69) is 0 Å². The van der Waals surface area contributed by atoms with Crippen LogP contribution in [0.25, 0.3) is 0 Å². The molecule has 13 heavy (non-hydrogen) atoms. The lowest BCUT2D eigenvalue weighted by Gasteiger charge is -2.07. The minimum atomic E-state index is 0.143. The van der Waals surface area contributed by atoms with E-state index >= 15 is 0 Å². The van der Waals surface area contributed by atoms with Crippen LogP contribution < -0.4 is 4.74 Å². The van der Waals surface area contributed by atoms with Crippen LogP contribution in [0.2, 0.25) is 0 Å². The first-order valence-corrected chi connectivity index (χ1v) is 3.92. The van der Waals surface area contributed by atoms with Crippen LogP contribution >= 0.6 is 0 Å². The first kappa shape index (κ1) is 9.40. The molecule has 0 aliphatic rings. The van der Waals surface area contributed by atoms with Crippen molar-refractivity contribution in [3.63, 3.8) is 0 Å². The predicted molar refractivity (Wildman–Crippen MR) is 48.7 cm³/mol. The van der Waals surface area contributed by atoms with Gasteiger partial charge in [-0.25, -0.2) is 0 Å². The molecule has 0 saturated carbocycles. The van der Waals surface area contributed by atoms with Crippen LogP contribution in [0.15, 0.2) is 12.1 Å². The molecule has 68 valence electrons. The second kappa shape index (κ2) is 3.81. The van der Waals surface area contributed by atoms with Gasteiger partial charge < -0.3 is 9.84 Å². The lowest BCUT2D eigenvalue weighted by atomic mass is 10.1. The van der Waals surface area contributed by atoms with Crippen molar-refractivity contribution in [2.45, 2.75) is 13.3 Å². The van der Waals surface area contributed by atoms with E-state index in [1.54, 1.807) is 19.1 Å². The van der Waals surface area contributed by atoms with Gasteiger partial charge in [-0.2, -0.15) is 5.26 Å². The molecule has 0 aliphatic heterocycles. The summed E-state index contributed by atoms with van der Waals surface area (Å²) in [7, 11) is 1.49. The molecule has 0 atom stereocenters. The first-order chi connectivity index (χ1) is 6.19. The summed E-state index contributed by atoms with van der Waals surface area (Å²) in [4.78, 5) is 0. The predicted octanol–water partition coefficient (Wildman–Crippen LogP) is 1.78. The van der Waals surface area contributed by atoms with Crippen molar-refractivity contribution in [3.8, 4) is 17.6 Å². The van der Waals surface area contributed by atoms with Gasteiger partial charge >= 0.3 is 0 Å². The van der Waals surface area contributed by atoms with Gasteiger partial charge in [0.25, 0.3) is 0 Å². The summed E-state index contributed by atoms with van der Waals surface area (Å²) in [6.07, 6.45) is 0.331. The summed E-state index contributed by atoms with van der Waals surface area (Å²) in [5.41, 5.74) is 1.58. The number of phenols is 1. The molecule has 0 heterocycles. The highest BCUT2D eigenvalue weighted by Crippen LogP contribution is 2.30. The number of aromatic hydroxyl groups is 1. The van der Waals surface area contributed by atoms with Gasteiger partial charge in [0.2, 0.25) is 0 Å². The van der Waals surface area contributed by atoms with E-state index in [0.29, 0.717) is 12.2 Å². The van der Waals surface area contributed by atoms with Crippen molar-refractivity contribution in [2.75, 3.05) is 7.11 Å². The molecule has 0 saturated heterocycles. The maximum atomic E-state index is 9.48. The van der Waals surface area contributed by atoms with Crippen molar-refractivity contribution < 1.29 is 9.84 Å². The van der Waals surface area contributed by atoms with Crippen LogP contribution in [0, 0.1) is 18.3 Å². The van der Waals surface area contributed by atoms with E-state index in [4.69, 9.17) is 10.00 Å². The fourth-order valence-electron chi connectivity index (χ4n) is 1.17. The topological polar surface area (TPSA) is 53.2 Å². The van der Waals surface area contributed by atoms with Crippen LogP contribution in [0.3, 0.4) is 0 Å². The summed E-state index contributed by atoms with van der Waals surface area (Å²) in [6.45, 7) is 1.78. The van der Waals surface area contributed by atoms with Crippen molar-refractivity contribution in [3.05, 3.63) is 23.3 Å². The van der Waals surface area contributed by atoms with E-state index < -0.39 is 0 Å². The number of nitrogens with zero attached hydrogens (tertiary/aromatic N) is 1. The number of ether oxygens (including phenoxy) is 1. The number of methoxy groups -OCH3 is 1. The molecule has 1 aromatic carbocycles. The Balaban J connectivity index is 3.16. The van der Waals surface area contributed by atoms with Crippen LogP contribution in [-0.4, -0.2) is 12.2 Å². The number of nitriles is 1. The van der Waals surface area contributed by atoms with Crippen molar-refractivity contribution >= 4 is 0 Å². The fraction of sp³-hybridized carbons (Fsp3) is 0.300. The Bertz CT molecular complexity index is 353. The SMILES string of the molecule is COc1cc(CC#N)cc(C)c1O. The van der Waals surface area contributed by atoms with Gasteiger partial charge in [0.05, 0.1) is 19.6 Å². The lowest BCUT2D eigenvalue weighted by molar-refractivity contribution is 0.371. The molecular weight excluding hydrogens is 166 g/mol. The summed E-state index contributed by atoms with van der Waals surface area (Å²) in [6, 6.07) is 5.50. The average molecular weight is 177 g/mol. The largest absolute Gasteiger partial charge is 0.504 e. The summed E-state index contributed by atoms with van der Waals surface area (Å²) in [5, 5.41) is 18.0. The van der Waals surface area contributed by atoms with E-state index in [9.17, 15) is 5.11 Å². The Labute approximate surface area is 77.2 Å². The third-order valence-corrected chi connectivity index (χ3v) is 1.83. The molecule has 0 unspecified atom stereocenters. The molecule has 1 N–H and O–H groups in total. The summed E-state index contributed by atoms with van der Waals surface area (Å²) >= 11 is 0. The molecule has 3 heteroatoms. The molecule has 3 nitrogen and oxygen atoms in total. The van der Waals surface area contributed by atoms with Gasteiger partial charge in [-0.15, -0.1) is 0 Å². The number of aryl methyl sites for hydroxylation is 1. The maximum absolute atomic E-state index is 9.48. The minimum absolute atomic E-state index is 0.143. The Morgan fingerprint density at radius 3 is 2.77 bits per heavy atom. The monoisotopic (exact) mass is 177 g/mol. The minimum Gasteiger partial charge on any atom is -0.504 e. The number of phenolic OH excluding ortho intramolecular Hbond substituents is 1. The Morgan fingerprint density at radius 1 is 1.54 bits per heavy atom. The zero-order chi connectivity index (χ0) is 9.84. The Hall–Kier alpha value is -1.69. The average Bonchev–Trinajstić information content (AvgIpc) is 2.11. The number of rotatable bonds is 2. The molecule has 0 aliphatic carbocycles. The molecule has 1 rings (SSSR count). The molecule has 0 fully saturated rings. The molecule has 0 aromatic heterocycles. The summed E-state index contributed by atoms with van der Waals surface area (Å²) < 4.78 is 4.95. The smallest absolute Gasteiger partial charge is 0.161 e. The molecule has 0 bridgehead atoms. The standard InChI is InChI=1S/C10H11NO2/c1-7-5-8(3-4-11)6-9(13-2)10(7)12/h5-6,12H,3H2,1-2H3. The van der Waals surface area contributed by atoms with Gasteiger partial charge in [-0.3, -0.25) is 0 Å². The number of hydrogen-bond acceptors (Lipinski definition) is 3. The second-order valence-electron chi connectivity index (χ2n) is 2.80. The summed E-state index contributed by atoms with van der Waals surface area (Å²) in [5.74, 6) is 0.564.